The van der Waals surface area contributed by atoms with Crippen LogP contribution in [0.1, 0.15) is 60.3 Å². The Hall–Kier alpha value is -0.0400. The van der Waals surface area contributed by atoms with Crippen LogP contribution in [0.4, 0.5) is 0 Å². The molecule has 1 nitrogen and oxygen atoms in total. The summed E-state index contributed by atoms with van der Waals surface area (Å²) in [5.74, 6) is 1.85. The van der Waals surface area contributed by atoms with E-state index in [-0.39, 0.29) is 0 Å². The first kappa shape index (κ1) is 13.0. The third kappa shape index (κ3) is 4.14. The van der Waals surface area contributed by atoms with Gasteiger partial charge in [-0.2, -0.15) is 0 Å². The van der Waals surface area contributed by atoms with Crippen molar-refractivity contribution in [3.05, 3.63) is 0 Å². The second-order valence-electron chi connectivity index (χ2n) is 6.46. The summed E-state index contributed by atoms with van der Waals surface area (Å²) in [4.78, 5) is 0. The van der Waals surface area contributed by atoms with E-state index in [1.54, 1.807) is 0 Å². The minimum absolute atomic E-state index is 0.510. The first-order valence-electron chi connectivity index (χ1n) is 6.67. The van der Waals surface area contributed by atoms with Crippen LogP contribution in [0.15, 0.2) is 0 Å². The molecule has 1 aliphatic rings. The molecule has 0 aromatic rings. The van der Waals surface area contributed by atoms with Gasteiger partial charge >= 0.3 is 0 Å². The Labute approximate surface area is 96.0 Å². The molecule has 0 amide bonds. The predicted octanol–water partition coefficient (Wildman–Crippen LogP) is 3.84. The Morgan fingerprint density at radius 1 is 1.20 bits per heavy atom. The van der Waals surface area contributed by atoms with Crippen molar-refractivity contribution in [1.29, 1.82) is 0 Å². The van der Waals surface area contributed by atoms with Crippen molar-refractivity contribution >= 4 is 0 Å². The van der Waals surface area contributed by atoms with Gasteiger partial charge in [-0.1, -0.05) is 34.6 Å². The van der Waals surface area contributed by atoms with Gasteiger partial charge in [-0.15, -0.1) is 0 Å². The summed E-state index contributed by atoms with van der Waals surface area (Å²) < 4.78 is 0. The molecule has 0 aromatic heterocycles. The van der Waals surface area contributed by atoms with Crippen LogP contribution in [-0.2, 0) is 0 Å². The SMILES string of the molecule is CCNC1CCC(CCC(C)(C)C)C1C. The molecule has 90 valence electrons. The van der Waals surface area contributed by atoms with Crippen molar-refractivity contribution in [2.24, 2.45) is 17.3 Å². The van der Waals surface area contributed by atoms with Gasteiger partial charge in [-0.05, 0) is 49.5 Å². The van der Waals surface area contributed by atoms with Crippen molar-refractivity contribution in [2.75, 3.05) is 6.54 Å². The van der Waals surface area contributed by atoms with Crippen LogP contribution >= 0.6 is 0 Å². The third-order valence-electron chi connectivity index (χ3n) is 3.96. The zero-order valence-corrected chi connectivity index (χ0v) is 11.3. The van der Waals surface area contributed by atoms with Gasteiger partial charge in [0.1, 0.15) is 0 Å². The zero-order valence-electron chi connectivity index (χ0n) is 11.3. The molecule has 15 heavy (non-hydrogen) atoms. The number of rotatable bonds is 4. The summed E-state index contributed by atoms with van der Waals surface area (Å²) in [7, 11) is 0. The van der Waals surface area contributed by atoms with E-state index >= 15 is 0 Å². The molecule has 1 saturated carbocycles. The van der Waals surface area contributed by atoms with Crippen LogP contribution < -0.4 is 5.32 Å². The summed E-state index contributed by atoms with van der Waals surface area (Å²) in [5.41, 5.74) is 0.510. The molecule has 0 radical (unpaired) electrons. The highest BCUT2D eigenvalue weighted by atomic mass is 14.9. The zero-order chi connectivity index (χ0) is 11.5. The second kappa shape index (κ2) is 5.34. The fourth-order valence-corrected chi connectivity index (χ4v) is 2.82. The first-order valence-corrected chi connectivity index (χ1v) is 6.67. The predicted molar refractivity (Wildman–Crippen MR) is 68.0 cm³/mol. The maximum Gasteiger partial charge on any atom is 0.00953 e. The molecule has 0 aromatic carbocycles. The van der Waals surface area contributed by atoms with Crippen molar-refractivity contribution < 1.29 is 0 Å². The molecule has 3 atom stereocenters. The normalized spacial score (nSPS) is 32.2. The van der Waals surface area contributed by atoms with E-state index < -0.39 is 0 Å². The highest BCUT2D eigenvalue weighted by Crippen LogP contribution is 2.37. The number of nitrogens with one attached hydrogen (secondary N) is 1. The van der Waals surface area contributed by atoms with E-state index in [4.69, 9.17) is 0 Å². The van der Waals surface area contributed by atoms with Crippen LogP contribution in [0.25, 0.3) is 0 Å². The van der Waals surface area contributed by atoms with E-state index in [0.29, 0.717) is 5.41 Å². The minimum atomic E-state index is 0.510. The lowest BCUT2D eigenvalue weighted by Gasteiger charge is -2.25. The number of hydrogen-bond donors (Lipinski definition) is 1. The molecular weight excluding hydrogens is 182 g/mol. The van der Waals surface area contributed by atoms with Gasteiger partial charge in [0.2, 0.25) is 0 Å². The van der Waals surface area contributed by atoms with Crippen molar-refractivity contribution in [3.8, 4) is 0 Å². The van der Waals surface area contributed by atoms with Gasteiger partial charge < -0.3 is 5.32 Å². The monoisotopic (exact) mass is 211 g/mol. The minimum Gasteiger partial charge on any atom is -0.314 e. The van der Waals surface area contributed by atoms with Gasteiger partial charge in [0.15, 0.2) is 0 Å². The molecule has 3 unspecified atom stereocenters. The van der Waals surface area contributed by atoms with Crippen LogP contribution in [0.2, 0.25) is 0 Å². The molecule has 0 saturated heterocycles. The van der Waals surface area contributed by atoms with E-state index in [1.807, 2.05) is 0 Å². The lowest BCUT2D eigenvalue weighted by atomic mass is 9.83. The van der Waals surface area contributed by atoms with Crippen LogP contribution in [0.3, 0.4) is 0 Å². The Kier molecular flexibility index (Phi) is 4.64. The molecule has 1 N–H and O–H groups in total. The molecule has 1 heteroatoms. The molecule has 1 fully saturated rings. The number of hydrogen-bond acceptors (Lipinski definition) is 1. The highest BCUT2D eigenvalue weighted by molar-refractivity contribution is 4.87. The first-order chi connectivity index (χ1) is 6.94. The molecule has 0 heterocycles. The molecule has 0 aliphatic heterocycles. The van der Waals surface area contributed by atoms with Crippen LogP contribution in [0, 0.1) is 17.3 Å². The largest absolute Gasteiger partial charge is 0.314 e. The Balaban J connectivity index is 2.33. The van der Waals surface area contributed by atoms with Crippen molar-refractivity contribution in [2.45, 2.75) is 66.3 Å². The quantitative estimate of drug-likeness (QED) is 0.745. The van der Waals surface area contributed by atoms with E-state index in [0.717, 1.165) is 24.4 Å². The molecular formula is C14H29N. The average molecular weight is 211 g/mol. The lowest BCUT2D eigenvalue weighted by molar-refractivity contribution is 0.278. The van der Waals surface area contributed by atoms with E-state index in [2.05, 4.69) is 39.9 Å². The summed E-state index contributed by atoms with van der Waals surface area (Å²) in [6, 6.07) is 0.792. The van der Waals surface area contributed by atoms with Gasteiger partial charge in [-0.3, -0.25) is 0 Å². The maximum absolute atomic E-state index is 3.62. The van der Waals surface area contributed by atoms with Gasteiger partial charge in [0.05, 0.1) is 0 Å². The molecule has 1 aliphatic carbocycles. The Morgan fingerprint density at radius 2 is 1.87 bits per heavy atom. The standard InChI is InChI=1S/C14H29N/c1-6-15-13-8-7-12(11(13)2)9-10-14(3,4)5/h11-13,15H,6-10H2,1-5H3. The van der Waals surface area contributed by atoms with Crippen molar-refractivity contribution in [3.63, 3.8) is 0 Å². The van der Waals surface area contributed by atoms with Crippen LogP contribution in [0.5, 0.6) is 0 Å². The van der Waals surface area contributed by atoms with E-state index in [1.165, 1.54) is 25.7 Å². The Morgan fingerprint density at radius 3 is 2.40 bits per heavy atom. The highest BCUT2D eigenvalue weighted by Gasteiger charge is 2.32. The molecule has 0 bridgehead atoms. The van der Waals surface area contributed by atoms with Crippen LogP contribution in [-0.4, -0.2) is 12.6 Å². The molecule has 1 rings (SSSR count). The second-order valence-corrected chi connectivity index (χ2v) is 6.46. The lowest BCUT2D eigenvalue weighted by Crippen LogP contribution is -2.32. The topological polar surface area (TPSA) is 12.0 Å². The summed E-state index contributed by atoms with van der Waals surface area (Å²) >= 11 is 0. The van der Waals surface area contributed by atoms with Gasteiger partial charge in [-0.25, -0.2) is 0 Å². The van der Waals surface area contributed by atoms with Gasteiger partial charge in [0.25, 0.3) is 0 Å². The third-order valence-corrected chi connectivity index (χ3v) is 3.96. The fourth-order valence-electron chi connectivity index (χ4n) is 2.82. The summed E-state index contributed by atoms with van der Waals surface area (Å²) in [5, 5.41) is 3.62. The average Bonchev–Trinajstić information content (AvgIpc) is 2.45. The van der Waals surface area contributed by atoms with Crippen molar-refractivity contribution in [1.82, 2.24) is 5.32 Å². The smallest absolute Gasteiger partial charge is 0.00953 e. The van der Waals surface area contributed by atoms with Gasteiger partial charge in [0, 0.05) is 6.04 Å². The summed E-state index contributed by atoms with van der Waals surface area (Å²) in [6.07, 6.45) is 5.63. The maximum atomic E-state index is 3.62. The Bertz CT molecular complexity index is 180. The summed E-state index contributed by atoms with van der Waals surface area (Å²) in [6.45, 7) is 12.8. The molecule has 0 spiro atoms. The van der Waals surface area contributed by atoms with E-state index in [9.17, 15) is 0 Å². The fraction of sp³-hybridized carbons (Fsp3) is 1.00.